The summed E-state index contributed by atoms with van der Waals surface area (Å²) in [4.78, 5) is 11.7. The van der Waals surface area contributed by atoms with Crippen LogP contribution in [0.25, 0.3) is 0 Å². The van der Waals surface area contributed by atoms with Crippen LogP contribution in [0.15, 0.2) is 72.9 Å². The summed E-state index contributed by atoms with van der Waals surface area (Å²) in [5.74, 6) is -0.0834. The lowest BCUT2D eigenvalue weighted by atomic mass is 10.1. The highest BCUT2D eigenvalue weighted by atomic mass is 16.1. The zero-order valence-electron chi connectivity index (χ0n) is 10.0. The van der Waals surface area contributed by atoms with Crippen molar-refractivity contribution in [3.05, 3.63) is 84.1 Å². The topological polar surface area (TPSA) is 29.1 Å². The molecule has 0 radical (unpaired) electrons. The zero-order chi connectivity index (χ0) is 12.6. The maximum absolute atomic E-state index is 11.7. The zero-order valence-corrected chi connectivity index (χ0v) is 10.0. The Morgan fingerprint density at radius 2 is 1.56 bits per heavy atom. The number of rotatable bonds is 4. The summed E-state index contributed by atoms with van der Waals surface area (Å²) in [6, 6.07) is 19.3. The Hall–Kier alpha value is -2.35. The summed E-state index contributed by atoms with van der Waals surface area (Å²) in [7, 11) is 0. The van der Waals surface area contributed by atoms with Crippen LogP contribution in [0.4, 0.5) is 0 Å². The quantitative estimate of drug-likeness (QED) is 0.869. The lowest BCUT2D eigenvalue weighted by molar-refractivity contribution is 0.0970. The van der Waals surface area contributed by atoms with Gasteiger partial charge in [0.1, 0.15) is 0 Å². The predicted molar refractivity (Wildman–Crippen MR) is 73.2 cm³/mol. The van der Waals surface area contributed by atoms with Crippen LogP contribution in [0, 0.1) is 0 Å². The smallest absolute Gasteiger partial charge is 0.255 e. The van der Waals surface area contributed by atoms with Gasteiger partial charge in [0, 0.05) is 11.8 Å². The summed E-state index contributed by atoms with van der Waals surface area (Å²) in [5, 5.41) is 2.75. The molecule has 2 aromatic carbocycles. The summed E-state index contributed by atoms with van der Waals surface area (Å²) in [6.07, 6.45) is 4.45. The van der Waals surface area contributed by atoms with E-state index >= 15 is 0 Å². The molecule has 0 aliphatic heterocycles. The Kier molecular flexibility index (Phi) is 4.31. The summed E-state index contributed by atoms with van der Waals surface area (Å²) < 4.78 is 0. The SMILES string of the molecule is O=C(NC=CCc1ccccc1)c1ccccc1. The van der Waals surface area contributed by atoms with E-state index in [0.717, 1.165) is 6.42 Å². The van der Waals surface area contributed by atoms with E-state index < -0.39 is 0 Å². The van der Waals surface area contributed by atoms with E-state index in [1.165, 1.54) is 5.56 Å². The molecule has 0 saturated carbocycles. The van der Waals surface area contributed by atoms with Crippen molar-refractivity contribution in [2.75, 3.05) is 0 Å². The fourth-order valence-electron chi connectivity index (χ4n) is 1.62. The van der Waals surface area contributed by atoms with Crippen LogP contribution in [0.2, 0.25) is 0 Å². The Balaban J connectivity index is 1.83. The molecule has 0 aliphatic carbocycles. The van der Waals surface area contributed by atoms with E-state index in [9.17, 15) is 4.79 Å². The molecule has 0 saturated heterocycles. The van der Waals surface area contributed by atoms with Gasteiger partial charge in [-0.2, -0.15) is 0 Å². The lowest BCUT2D eigenvalue weighted by Crippen LogP contribution is -2.16. The largest absolute Gasteiger partial charge is 0.329 e. The first-order chi connectivity index (χ1) is 8.86. The van der Waals surface area contributed by atoms with E-state index in [0.29, 0.717) is 5.56 Å². The molecule has 1 amide bonds. The molecular weight excluding hydrogens is 222 g/mol. The monoisotopic (exact) mass is 237 g/mol. The van der Waals surface area contributed by atoms with E-state index in [4.69, 9.17) is 0 Å². The Labute approximate surface area is 107 Å². The maximum atomic E-state index is 11.7. The number of hydrogen-bond donors (Lipinski definition) is 1. The number of benzene rings is 2. The molecule has 18 heavy (non-hydrogen) atoms. The second-order valence-corrected chi connectivity index (χ2v) is 3.93. The van der Waals surface area contributed by atoms with Gasteiger partial charge in [0.25, 0.3) is 5.91 Å². The average molecular weight is 237 g/mol. The fourth-order valence-corrected chi connectivity index (χ4v) is 1.62. The second kappa shape index (κ2) is 6.40. The summed E-state index contributed by atoms with van der Waals surface area (Å²) in [6.45, 7) is 0. The minimum absolute atomic E-state index is 0.0834. The number of hydrogen-bond acceptors (Lipinski definition) is 1. The van der Waals surface area contributed by atoms with Gasteiger partial charge in [-0.1, -0.05) is 54.6 Å². The van der Waals surface area contributed by atoms with E-state index in [-0.39, 0.29) is 5.91 Å². The standard InChI is InChI=1S/C16H15NO/c18-16(15-11-5-2-6-12-15)17-13-7-10-14-8-3-1-4-9-14/h1-9,11-13H,10H2,(H,17,18). The van der Waals surface area contributed by atoms with Crippen molar-refractivity contribution < 1.29 is 4.79 Å². The molecule has 2 rings (SSSR count). The van der Waals surface area contributed by atoms with Crippen molar-refractivity contribution in [3.63, 3.8) is 0 Å². The molecule has 0 fully saturated rings. The number of carbonyl (C=O) groups is 1. The number of amides is 1. The molecule has 2 nitrogen and oxygen atoms in total. The normalized spacial score (nSPS) is 10.4. The minimum Gasteiger partial charge on any atom is -0.329 e. The van der Waals surface area contributed by atoms with Crippen molar-refractivity contribution in [1.29, 1.82) is 0 Å². The van der Waals surface area contributed by atoms with Crippen molar-refractivity contribution in [2.24, 2.45) is 0 Å². The van der Waals surface area contributed by atoms with Crippen molar-refractivity contribution >= 4 is 5.91 Å². The Morgan fingerprint density at radius 3 is 2.22 bits per heavy atom. The summed E-state index contributed by atoms with van der Waals surface area (Å²) >= 11 is 0. The van der Waals surface area contributed by atoms with Crippen molar-refractivity contribution in [2.45, 2.75) is 6.42 Å². The van der Waals surface area contributed by atoms with Crippen LogP contribution in [0.1, 0.15) is 15.9 Å². The molecule has 90 valence electrons. The highest BCUT2D eigenvalue weighted by molar-refractivity contribution is 5.94. The average Bonchev–Trinajstić information content (AvgIpc) is 2.45. The highest BCUT2D eigenvalue weighted by Gasteiger charge is 2.00. The molecule has 0 aliphatic rings. The van der Waals surface area contributed by atoms with E-state index in [1.807, 2.05) is 42.5 Å². The van der Waals surface area contributed by atoms with Crippen LogP contribution in [-0.2, 0) is 6.42 Å². The summed E-state index contributed by atoms with van der Waals surface area (Å²) in [5.41, 5.74) is 1.89. The third kappa shape index (κ3) is 3.59. The van der Waals surface area contributed by atoms with Gasteiger partial charge in [-0.25, -0.2) is 0 Å². The Morgan fingerprint density at radius 1 is 0.944 bits per heavy atom. The minimum atomic E-state index is -0.0834. The Bertz CT molecular complexity index is 517. The number of carbonyl (C=O) groups excluding carboxylic acids is 1. The first-order valence-electron chi connectivity index (χ1n) is 5.91. The van der Waals surface area contributed by atoms with E-state index in [1.54, 1.807) is 18.3 Å². The van der Waals surface area contributed by atoms with Crippen molar-refractivity contribution in [1.82, 2.24) is 5.32 Å². The van der Waals surface area contributed by atoms with Gasteiger partial charge >= 0.3 is 0 Å². The number of nitrogens with one attached hydrogen (secondary N) is 1. The molecule has 2 heteroatoms. The molecule has 0 bridgehead atoms. The van der Waals surface area contributed by atoms with Crippen LogP contribution < -0.4 is 5.32 Å². The fraction of sp³-hybridized carbons (Fsp3) is 0.0625. The van der Waals surface area contributed by atoms with Gasteiger partial charge in [-0.15, -0.1) is 0 Å². The second-order valence-electron chi connectivity index (χ2n) is 3.93. The molecule has 2 aromatic rings. The first-order valence-corrected chi connectivity index (χ1v) is 5.91. The van der Waals surface area contributed by atoms with Crippen molar-refractivity contribution in [3.8, 4) is 0 Å². The number of allylic oxidation sites excluding steroid dienone is 1. The molecule has 0 spiro atoms. The third-order valence-electron chi connectivity index (χ3n) is 2.56. The van der Waals surface area contributed by atoms with Gasteiger partial charge in [-0.05, 0) is 24.1 Å². The maximum Gasteiger partial charge on any atom is 0.255 e. The molecule has 1 N–H and O–H groups in total. The van der Waals surface area contributed by atoms with Gasteiger partial charge in [0.15, 0.2) is 0 Å². The predicted octanol–water partition coefficient (Wildman–Crippen LogP) is 3.17. The van der Waals surface area contributed by atoms with Gasteiger partial charge in [0.05, 0.1) is 0 Å². The van der Waals surface area contributed by atoms with Gasteiger partial charge < -0.3 is 5.32 Å². The molecule has 0 heterocycles. The van der Waals surface area contributed by atoms with Crippen LogP contribution in [0.3, 0.4) is 0 Å². The lowest BCUT2D eigenvalue weighted by Gasteiger charge is -1.99. The molecule has 0 aromatic heterocycles. The first kappa shape index (κ1) is 12.1. The van der Waals surface area contributed by atoms with Crippen LogP contribution >= 0.6 is 0 Å². The van der Waals surface area contributed by atoms with Gasteiger partial charge in [0.2, 0.25) is 0 Å². The molecule has 0 unspecified atom stereocenters. The molecule has 0 atom stereocenters. The van der Waals surface area contributed by atoms with Gasteiger partial charge in [-0.3, -0.25) is 4.79 Å². The highest BCUT2D eigenvalue weighted by Crippen LogP contribution is 2.00. The van der Waals surface area contributed by atoms with Crippen LogP contribution in [0.5, 0.6) is 0 Å². The van der Waals surface area contributed by atoms with E-state index in [2.05, 4.69) is 17.4 Å². The third-order valence-corrected chi connectivity index (χ3v) is 2.56. The van der Waals surface area contributed by atoms with Crippen LogP contribution in [-0.4, -0.2) is 5.91 Å². The molecular formula is C16H15NO.